The van der Waals surface area contributed by atoms with E-state index in [0.29, 0.717) is 54.3 Å². The maximum absolute atomic E-state index is 9.44. The normalized spacial score (nSPS) is 15.5. The first-order valence-corrected chi connectivity index (χ1v) is 27.3. The summed E-state index contributed by atoms with van der Waals surface area (Å²) in [6, 6.07) is 54.2. The molecule has 0 bridgehead atoms. The molecule has 0 N–H and O–H groups in total. The minimum absolute atomic E-state index is 0.000374. The van der Waals surface area contributed by atoms with Crippen molar-refractivity contribution in [1.29, 1.82) is 0 Å². The van der Waals surface area contributed by atoms with Crippen LogP contribution in [0, 0.1) is 17.5 Å². The first-order valence-electron chi connectivity index (χ1n) is 31.6. The Balaban J connectivity index is 1.03. The van der Waals surface area contributed by atoms with Gasteiger partial charge in [-0.25, -0.2) is 0 Å². The van der Waals surface area contributed by atoms with Gasteiger partial charge < -0.3 is 0 Å². The second-order valence-electron chi connectivity index (χ2n) is 22.4. The third kappa shape index (κ3) is 7.57. The van der Waals surface area contributed by atoms with Gasteiger partial charge >= 0.3 is 415 Å². The van der Waals surface area contributed by atoms with Crippen LogP contribution >= 0.6 is 0 Å². The van der Waals surface area contributed by atoms with Gasteiger partial charge in [0.25, 0.3) is 0 Å². The first kappa shape index (κ1) is 37.5. The van der Waals surface area contributed by atoms with Gasteiger partial charge in [-0.1, -0.05) is 42.5 Å². The van der Waals surface area contributed by atoms with Gasteiger partial charge in [0, 0.05) is 11.3 Å². The number of imidazole rings is 1. The number of pyridine rings is 1. The van der Waals surface area contributed by atoms with E-state index in [1.54, 1.807) is 36.4 Å². The number of ether oxygens (including phenoxy) is 1. The van der Waals surface area contributed by atoms with E-state index in [-0.39, 0.29) is 51.2 Å². The molecule has 8 heteroatoms. The molecule has 0 atom stereocenters. The van der Waals surface area contributed by atoms with Crippen LogP contribution in [0.5, 0.6) is 11.6 Å². The molecule has 11 aromatic rings. The summed E-state index contributed by atoms with van der Waals surface area (Å²) < 4.78 is 111. The summed E-state index contributed by atoms with van der Waals surface area (Å²) >= 11 is 2.28. The van der Waals surface area contributed by atoms with Crippen molar-refractivity contribution in [3.8, 4) is 78.6 Å². The summed E-state index contributed by atoms with van der Waals surface area (Å²) in [5.41, 5.74) is 14.3. The number of nitrogens with zero attached hydrogens (tertiary/aromatic N) is 5. The molecular formula is C70H58BN5OPt. The molecule has 9 aromatic carbocycles. The summed E-state index contributed by atoms with van der Waals surface area (Å²) in [7, 11) is 0. The number of rotatable bonds is 7. The van der Waals surface area contributed by atoms with Crippen LogP contribution in [0.2, 0.25) is 0 Å². The third-order valence-corrected chi connectivity index (χ3v) is 16.5. The molecule has 0 amide bonds. The topological polar surface area (TPSA) is 38.5 Å². The number of benzene rings is 9. The molecule has 382 valence electrons. The summed E-state index contributed by atoms with van der Waals surface area (Å²) in [5.74, 6) is 0.634. The molecule has 2 aromatic heterocycles. The van der Waals surface area contributed by atoms with Crippen LogP contribution in [0.3, 0.4) is 0 Å². The number of hydrogen-bond donors (Lipinski definition) is 0. The van der Waals surface area contributed by atoms with Crippen LogP contribution in [0.1, 0.15) is 78.9 Å². The van der Waals surface area contributed by atoms with Gasteiger partial charge in [-0.15, -0.1) is 0 Å². The zero-order valence-corrected chi connectivity index (χ0v) is 46.1. The SMILES string of the molecule is [2H]c1c([2H])c([2H])c(-c2cccc(-c3cc(C(C)(C)C)cc(C(C)(C)C)c3)c2-n2[c](=[Pt])n(-c3cc(Oc4cc(C([2H])([2H])[2H])c5c(n4)N4B6c7c(cccc7-5)-c5ccccc5N6c5ccccc54)cc(-c4ccccc4C([2H])([2H])[2H])c3)c3ccccc32)c([2H])c1[2H]. The molecule has 0 saturated heterocycles. The Morgan fingerprint density at radius 1 is 0.513 bits per heavy atom. The van der Waals surface area contributed by atoms with E-state index >= 15 is 0 Å². The van der Waals surface area contributed by atoms with Crippen molar-refractivity contribution in [3.05, 3.63) is 232 Å². The van der Waals surface area contributed by atoms with E-state index in [4.69, 9.17) is 17.9 Å². The second kappa shape index (κ2) is 17.9. The van der Waals surface area contributed by atoms with Gasteiger partial charge in [0.1, 0.15) is 0 Å². The van der Waals surface area contributed by atoms with Gasteiger partial charge in [0.15, 0.2) is 0 Å². The van der Waals surface area contributed by atoms with Crippen LogP contribution < -0.4 is 19.8 Å². The molecule has 0 fully saturated rings. The molecule has 6 nitrogen and oxygen atoms in total. The Morgan fingerprint density at radius 2 is 1.09 bits per heavy atom. The first-order chi connectivity index (χ1) is 42.2. The minimum atomic E-state index is -2.65. The molecule has 78 heavy (non-hydrogen) atoms. The predicted molar refractivity (Wildman–Crippen MR) is 320 cm³/mol. The van der Waals surface area contributed by atoms with Gasteiger partial charge in [0.05, 0.1) is 0 Å². The molecule has 0 spiro atoms. The van der Waals surface area contributed by atoms with E-state index in [1.807, 2.05) is 95.6 Å². The average molecular weight is 1200 g/mol. The third-order valence-electron chi connectivity index (χ3n) is 15.5. The molecule has 3 aliphatic heterocycles. The Kier molecular flexibility index (Phi) is 8.61. The number of hydrogen-bond acceptors (Lipinski definition) is 4. The number of aromatic nitrogens is 3. The van der Waals surface area contributed by atoms with Gasteiger partial charge in [-0.3, -0.25) is 0 Å². The molecule has 14 rings (SSSR count). The van der Waals surface area contributed by atoms with Crippen molar-refractivity contribution in [2.24, 2.45) is 0 Å². The van der Waals surface area contributed by atoms with E-state index in [2.05, 4.69) is 118 Å². The van der Waals surface area contributed by atoms with E-state index in [0.717, 1.165) is 61.5 Å². The van der Waals surface area contributed by atoms with Gasteiger partial charge in [-0.05, 0) is 17.7 Å². The summed E-state index contributed by atoms with van der Waals surface area (Å²) in [6.07, 6.45) is 0. The van der Waals surface area contributed by atoms with E-state index in [9.17, 15) is 6.85 Å². The van der Waals surface area contributed by atoms with Crippen LogP contribution in [-0.2, 0) is 30.2 Å². The summed E-state index contributed by atoms with van der Waals surface area (Å²) in [4.78, 5) is 9.77. The van der Waals surface area contributed by atoms with E-state index in [1.165, 1.54) is 6.07 Å². The molecule has 5 heterocycles. The van der Waals surface area contributed by atoms with Crippen LogP contribution in [0.4, 0.5) is 22.9 Å². The Bertz CT molecular complexity index is 4840. The molecule has 3 aliphatic rings. The zero-order chi connectivity index (χ0) is 62.7. The van der Waals surface area contributed by atoms with Crippen molar-refractivity contribution in [3.63, 3.8) is 0 Å². The fourth-order valence-corrected chi connectivity index (χ4v) is 12.9. The fraction of sp³-hybridized carbons (Fsp3) is 0.143. The van der Waals surface area contributed by atoms with Crippen LogP contribution in [-0.4, -0.2) is 21.1 Å². The number of fused-ring (bicyclic) bond motifs is 10. The van der Waals surface area contributed by atoms with Crippen molar-refractivity contribution >= 4 is 46.4 Å². The molecule has 0 unspecified atom stereocenters. The maximum atomic E-state index is 9.44. The predicted octanol–water partition coefficient (Wildman–Crippen LogP) is 17.5. The summed E-state index contributed by atoms with van der Waals surface area (Å²) in [5, 5.41) is 0. The molecular weight excluding hydrogens is 1130 g/mol. The molecule has 0 saturated carbocycles. The standard InChI is InChI=1S/C70H58BN5O.Pt/c1-44-22-12-13-25-53(44)48-39-51(42-52(40-48)77-64-36-45(2)65-58-30-21-29-57-56-26-14-15-31-59(56)75-62-34-18-19-35-63(62)76(68(65)72-64)71(75)66(57)58)73-43-74(61-33-17-16-32-60(61)73)67-54(46-23-10-9-11-24-46)27-20-28-55(67)47-37-49(69(3,4)5)41-50(38-47)70(6,7)8;/h9-42H,1-8H3;/i1D3,2D3,9D,10D,11D,23D,24D;. The van der Waals surface area contributed by atoms with Crippen molar-refractivity contribution < 1.29 is 39.2 Å². The summed E-state index contributed by atoms with van der Waals surface area (Å²) in [6.45, 7) is 7.44. The Labute approximate surface area is 483 Å². The average Bonchev–Trinajstić information content (AvgIpc) is 1.60. The van der Waals surface area contributed by atoms with Crippen molar-refractivity contribution in [2.45, 2.75) is 66.1 Å². The van der Waals surface area contributed by atoms with Gasteiger partial charge in [-0.2, -0.15) is 0 Å². The van der Waals surface area contributed by atoms with Crippen LogP contribution in [0.25, 0.3) is 78.0 Å². The quantitative estimate of drug-likeness (QED) is 0.149. The number of para-hydroxylation sites is 6. The number of anilines is 4. The van der Waals surface area contributed by atoms with E-state index < -0.39 is 38.8 Å². The molecule has 0 aliphatic carbocycles. The fourth-order valence-electron chi connectivity index (χ4n) is 11.8. The van der Waals surface area contributed by atoms with Crippen molar-refractivity contribution in [2.75, 3.05) is 9.62 Å². The molecule has 0 radical (unpaired) electrons. The monoisotopic (exact) mass is 1200 g/mol. The van der Waals surface area contributed by atoms with Gasteiger partial charge in [0.2, 0.25) is 0 Å². The zero-order valence-electron chi connectivity index (χ0n) is 54.8. The van der Waals surface area contributed by atoms with Crippen molar-refractivity contribution in [1.82, 2.24) is 14.1 Å². The number of aryl methyl sites for hydroxylation is 2. The second-order valence-corrected chi connectivity index (χ2v) is 23.4. The Hall–Kier alpha value is -8.25. The Morgan fingerprint density at radius 3 is 1.79 bits per heavy atom. The van der Waals surface area contributed by atoms with Crippen LogP contribution in [0.15, 0.2) is 206 Å².